The smallest absolute Gasteiger partial charge is 0.254 e. The Balaban J connectivity index is 1.56. The minimum Gasteiger partial charge on any atom is -0.383 e. The van der Waals surface area contributed by atoms with Crippen molar-refractivity contribution in [2.75, 3.05) is 25.6 Å². The van der Waals surface area contributed by atoms with E-state index in [2.05, 4.69) is 10.3 Å². The summed E-state index contributed by atoms with van der Waals surface area (Å²) in [5.74, 6) is -0.430. The molecule has 3 aliphatic rings. The van der Waals surface area contributed by atoms with Crippen molar-refractivity contribution in [2.24, 2.45) is 0 Å². The van der Waals surface area contributed by atoms with Crippen LogP contribution in [0.3, 0.4) is 0 Å². The summed E-state index contributed by atoms with van der Waals surface area (Å²) < 4.78 is 5.34. The first-order valence-corrected chi connectivity index (χ1v) is 12.1. The molecule has 2 amide bonds. The van der Waals surface area contributed by atoms with Crippen molar-refractivity contribution in [3.05, 3.63) is 46.0 Å². The molecular formula is C24H29N3O3S. The van der Waals surface area contributed by atoms with E-state index in [1.165, 1.54) is 4.88 Å². The van der Waals surface area contributed by atoms with E-state index < -0.39 is 11.5 Å². The predicted octanol–water partition coefficient (Wildman–Crippen LogP) is 4.16. The Kier molecular flexibility index (Phi) is 5.56. The number of hydrogen-bond acceptors (Lipinski definition) is 5. The number of nitrogens with zero attached hydrogens (tertiary/aromatic N) is 2. The van der Waals surface area contributed by atoms with Gasteiger partial charge >= 0.3 is 0 Å². The molecular weight excluding hydrogens is 410 g/mol. The standard InChI is InChI=1S/C24H29N3O3S/c1-30-15-14-27-22(29)17-9-4-3-8-16(17)20(24(27)12-5-2-6-13-24)21(28)26-23-25-18-10-7-11-19(18)31-23/h3-4,8-9,20H,2,5-7,10-15H2,1H3,(H,25,26,28)/t20-/m1/s1. The van der Waals surface area contributed by atoms with E-state index >= 15 is 0 Å². The van der Waals surface area contributed by atoms with Gasteiger partial charge in [-0.15, -0.1) is 11.3 Å². The maximum Gasteiger partial charge on any atom is 0.254 e. The second-order valence-corrected chi connectivity index (χ2v) is 9.95. The Morgan fingerprint density at radius 1 is 1.23 bits per heavy atom. The summed E-state index contributed by atoms with van der Waals surface area (Å²) in [4.78, 5) is 35.3. The molecule has 2 aliphatic carbocycles. The van der Waals surface area contributed by atoms with Gasteiger partial charge < -0.3 is 15.0 Å². The number of rotatable bonds is 5. The number of nitrogens with one attached hydrogen (secondary N) is 1. The molecule has 2 aromatic rings. The first kappa shape index (κ1) is 20.6. The van der Waals surface area contributed by atoms with Gasteiger partial charge in [-0.3, -0.25) is 9.59 Å². The minimum atomic E-state index is -0.508. The highest BCUT2D eigenvalue weighted by molar-refractivity contribution is 7.15. The fraction of sp³-hybridized carbons (Fsp3) is 0.542. The van der Waals surface area contributed by atoms with Crippen LogP contribution >= 0.6 is 11.3 Å². The molecule has 0 saturated heterocycles. The number of anilines is 1. The Bertz CT molecular complexity index is 974. The van der Waals surface area contributed by atoms with Crippen LogP contribution in [0.15, 0.2) is 24.3 Å². The zero-order chi connectivity index (χ0) is 21.4. The molecule has 1 aliphatic heterocycles. The molecule has 1 aromatic carbocycles. The third kappa shape index (κ3) is 3.48. The van der Waals surface area contributed by atoms with Gasteiger partial charge in [0.05, 0.1) is 23.8 Å². The first-order chi connectivity index (χ1) is 15.1. The van der Waals surface area contributed by atoms with Crippen molar-refractivity contribution < 1.29 is 14.3 Å². The summed E-state index contributed by atoms with van der Waals surface area (Å²) in [6.45, 7) is 0.961. The number of ether oxygens (including phenoxy) is 1. The molecule has 0 unspecified atom stereocenters. The lowest BCUT2D eigenvalue weighted by Gasteiger charge is -2.53. The number of amides is 2. The maximum absolute atomic E-state index is 13.8. The highest BCUT2D eigenvalue weighted by Crippen LogP contribution is 2.49. The summed E-state index contributed by atoms with van der Waals surface area (Å²) in [5, 5.41) is 3.84. The Hall–Kier alpha value is -2.25. The summed E-state index contributed by atoms with van der Waals surface area (Å²) in [5.41, 5.74) is 2.11. The predicted molar refractivity (Wildman–Crippen MR) is 121 cm³/mol. The molecule has 1 atom stereocenters. The van der Waals surface area contributed by atoms with Gasteiger partial charge in [0, 0.05) is 24.1 Å². The van der Waals surface area contributed by atoms with Gasteiger partial charge in [-0.1, -0.05) is 37.5 Å². The highest BCUT2D eigenvalue weighted by atomic mass is 32.1. The lowest BCUT2D eigenvalue weighted by molar-refractivity contribution is -0.122. The van der Waals surface area contributed by atoms with Crippen molar-refractivity contribution in [1.29, 1.82) is 0 Å². The molecule has 1 N–H and O–H groups in total. The molecule has 31 heavy (non-hydrogen) atoms. The van der Waals surface area contributed by atoms with Crippen LogP contribution in [0.2, 0.25) is 0 Å². The molecule has 6 nitrogen and oxygen atoms in total. The molecule has 1 aromatic heterocycles. The average Bonchev–Trinajstić information content (AvgIpc) is 3.36. The minimum absolute atomic E-state index is 0.0202. The van der Waals surface area contributed by atoms with E-state index in [-0.39, 0.29) is 11.8 Å². The second-order valence-electron chi connectivity index (χ2n) is 8.87. The van der Waals surface area contributed by atoms with Crippen LogP contribution in [-0.2, 0) is 22.4 Å². The summed E-state index contributed by atoms with van der Waals surface area (Å²) >= 11 is 1.60. The topological polar surface area (TPSA) is 71.5 Å². The van der Waals surface area contributed by atoms with Gasteiger partial charge in [0.15, 0.2) is 5.13 Å². The van der Waals surface area contributed by atoms with Crippen LogP contribution in [-0.4, -0.2) is 47.5 Å². The fourth-order valence-electron chi connectivity index (χ4n) is 5.77. The third-order valence-electron chi connectivity index (χ3n) is 7.15. The summed E-state index contributed by atoms with van der Waals surface area (Å²) in [6.07, 6.45) is 8.06. The molecule has 164 valence electrons. The molecule has 7 heteroatoms. The lowest BCUT2D eigenvalue weighted by atomic mass is 9.65. The Morgan fingerprint density at radius 2 is 2.03 bits per heavy atom. The lowest BCUT2D eigenvalue weighted by Crippen LogP contribution is -2.62. The zero-order valence-electron chi connectivity index (χ0n) is 18.0. The molecule has 0 radical (unpaired) electrons. The van der Waals surface area contributed by atoms with Gasteiger partial charge in [-0.05, 0) is 43.7 Å². The highest BCUT2D eigenvalue weighted by Gasteiger charge is 2.54. The molecule has 1 saturated carbocycles. The van der Waals surface area contributed by atoms with Crippen LogP contribution in [0.25, 0.3) is 0 Å². The van der Waals surface area contributed by atoms with E-state index in [0.29, 0.717) is 23.8 Å². The number of aryl methyl sites for hydroxylation is 2. The van der Waals surface area contributed by atoms with E-state index in [1.54, 1.807) is 18.4 Å². The van der Waals surface area contributed by atoms with Crippen molar-refractivity contribution in [1.82, 2.24) is 9.88 Å². The van der Waals surface area contributed by atoms with Crippen LogP contribution < -0.4 is 5.32 Å². The second kappa shape index (κ2) is 8.36. The summed E-state index contributed by atoms with van der Waals surface area (Å²) in [6, 6.07) is 7.63. The van der Waals surface area contributed by atoms with Crippen LogP contribution in [0.5, 0.6) is 0 Å². The monoisotopic (exact) mass is 439 g/mol. The number of methoxy groups -OCH3 is 1. The Labute approximate surface area is 187 Å². The normalized spacial score (nSPS) is 21.8. The molecule has 1 spiro atoms. The molecule has 1 fully saturated rings. The number of carbonyl (C=O) groups excluding carboxylic acids is 2. The fourth-order valence-corrected chi connectivity index (χ4v) is 6.83. The third-order valence-corrected chi connectivity index (χ3v) is 8.22. The van der Waals surface area contributed by atoms with E-state index in [9.17, 15) is 9.59 Å². The number of aromatic nitrogens is 1. The SMILES string of the molecule is COCCN1C(=O)c2ccccc2[C@H](C(=O)Nc2nc3c(s2)CCC3)C12CCCCC2. The molecule has 2 heterocycles. The first-order valence-electron chi connectivity index (χ1n) is 11.3. The van der Waals surface area contributed by atoms with E-state index in [0.717, 1.165) is 62.6 Å². The van der Waals surface area contributed by atoms with Gasteiger partial charge in [0.25, 0.3) is 5.91 Å². The van der Waals surface area contributed by atoms with Crippen molar-refractivity contribution in [3.8, 4) is 0 Å². The molecule has 5 rings (SSSR count). The molecule has 0 bridgehead atoms. The van der Waals surface area contributed by atoms with Crippen LogP contribution in [0, 0.1) is 0 Å². The van der Waals surface area contributed by atoms with Crippen LogP contribution in [0.1, 0.15) is 70.9 Å². The summed E-state index contributed by atoms with van der Waals surface area (Å²) in [7, 11) is 1.65. The van der Waals surface area contributed by atoms with Gasteiger partial charge in [0.1, 0.15) is 0 Å². The van der Waals surface area contributed by atoms with Gasteiger partial charge in [-0.2, -0.15) is 0 Å². The van der Waals surface area contributed by atoms with E-state index in [4.69, 9.17) is 4.74 Å². The number of benzene rings is 1. The van der Waals surface area contributed by atoms with Crippen molar-refractivity contribution >= 4 is 28.3 Å². The van der Waals surface area contributed by atoms with Crippen molar-refractivity contribution in [2.45, 2.75) is 62.8 Å². The maximum atomic E-state index is 13.8. The number of thiazole rings is 1. The van der Waals surface area contributed by atoms with Gasteiger partial charge in [-0.25, -0.2) is 4.98 Å². The van der Waals surface area contributed by atoms with E-state index in [1.807, 2.05) is 29.2 Å². The van der Waals surface area contributed by atoms with Crippen LogP contribution in [0.4, 0.5) is 5.13 Å². The van der Waals surface area contributed by atoms with Crippen molar-refractivity contribution in [3.63, 3.8) is 0 Å². The Morgan fingerprint density at radius 3 is 2.81 bits per heavy atom. The zero-order valence-corrected chi connectivity index (χ0v) is 18.8. The quantitative estimate of drug-likeness (QED) is 0.759. The largest absolute Gasteiger partial charge is 0.383 e. The van der Waals surface area contributed by atoms with Gasteiger partial charge in [0.2, 0.25) is 5.91 Å². The number of fused-ring (bicyclic) bond motifs is 2. The average molecular weight is 440 g/mol. The number of hydrogen-bond donors (Lipinski definition) is 1. The number of carbonyl (C=O) groups is 2.